The molecule has 0 aliphatic carbocycles. The highest BCUT2D eigenvalue weighted by Crippen LogP contribution is 2.28. The smallest absolute Gasteiger partial charge is 0.322 e. The number of ether oxygens (including phenoxy) is 2. The molecule has 2 N–H and O–H groups in total. The van der Waals surface area contributed by atoms with Crippen LogP contribution in [0, 0.1) is 11.7 Å². The lowest BCUT2D eigenvalue weighted by Crippen LogP contribution is -2.46. The maximum Gasteiger partial charge on any atom is 0.322 e. The van der Waals surface area contributed by atoms with E-state index >= 15 is 0 Å². The Morgan fingerprint density at radius 3 is 2.48 bits per heavy atom. The molecule has 0 aliphatic rings. The quantitative estimate of drug-likeness (QED) is 0.190. The fourth-order valence-corrected chi connectivity index (χ4v) is 4.97. The fraction of sp³-hybridized carbons (Fsp3) is 0.312. The number of urea groups is 1. The number of para-hydroxylation sites is 1. The van der Waals surface area contributed by atoms with Crippen molar-refractivity contribution in [2.75, 3.05) is 39.2 Å². The number of hydrogen-bond acceptors (Lipinski definition) is 4. The van der Waals surface area contributed by atoms with Crippen molar-refractivity contribution in [3.63, 3.8) is 0 Å². The molecule has 1 heterocycles. The number of amides is 3. The largest absolute Gasteiger partial charge is 0.493 e. The van der Waals surface area contributed by atoms with Crippen molar-refractivity contribution in [2.45, 2.75) is 26.8 Å². The first-order valence-electron chi connectivity index (χ1n) is 13.7. The number of rotatable bonds is 12. The van der Waals surface area contributed by atoms with Gasteiger partial charge in [0.15, 0.2) is 11.5 Å². The standard InChI is InChI=1S/C32H36ClFN4O4/c1-21(2)18-38(32(40)36-24-10-11-27(34)26(33)16-24)20-31(39)37(19-22-9-12-29(41-3)30(15-22)42-4)14-13-23-17-35-28-8-6-5-7-25(23)28/h5-12,15-17,21,35H,13-14,18-20H2,1-4H3,(H,36,40). The third kappa shape index (κ3) is 7.73. The number of aromatic nitrogens is 1. The lowest BCUT2D eigenvalue weighted by atomic mass is 10.1. The molecule has 3 aromatic carbocycles. The summed E-state index contributed by atoms with van der Waals surface area (Å²) in [5.74, 6) is 0.477. The van der Waals surface area contributed by atoms with Crippen LogP contribution in [0.5, 0.6) is 11.5 Å². The van der Waals surface area contributed by atoms with E-state index < -0.39 is 11.8 Å². The van der Waals surface area contributed by atoms with Gasteiger partial charge in [-0.1, -0.05) is 49.7 Å². The van der Waals surface area contributed by atoms with Crippen molar-refractivity contribution in [1.29, 1.82) is 0 Å². The Bertz CT molecular complexity index is 1540. The second-order valence-corrected chi connectivity index (χ2v) is 10.9. The summed E-state index contributed by atoms with van der Waals surface area (Å²) in [6.45, 7) is 4.89. The molecule has 8 nitrogen and oxygen atoms in total. The predicted molar refractivity (Wildman–Crippen MR) is 164 cm³/mol. The van der Waals surface area contributed by atoms with Gasteiger partial charge in [0.25, 0.3) is 0 Å². The Balaban J connectivity index is 1.56. The van der Waals surface area contributed by atoms with Gasteiger partial charge in [-0.15, -0.1) is 0 Å². The van der Waals surface area contributed by atoms with Gasteiger partial charge >= 0.3 is 6.03 Å². The van der Waals surface area contributed by atoms with Crippen LogP contribution >= 0.6 is 11.6 Å². The lowest BCUT2D eigenvalue weighted by molar-refractivity contribution is -0.132. The third-order valence-electron chi connectivity index (χ3n) is 6.87. The Labute approximate surface area is 250 Å². The van der Waals surface area contributed by atoms with Crippen LogP contribution in [0.1, 0.15) is 25.0 Å². The Morgan fingerprint density at radius 1 is 1.00 bits per heavy atom. The van der Waals surface area contributed by atoms with Gasteiger partial charge in [-0.3, -0.25) is 4.79 Å². The zero-order valence-electron chi connectivity index (χ0n) is 24.2. The minimum atomic E-state index is -0.579. The summed E-state index contributed by atoms with van der Waals surface area (Å²) in [7, 11) is 3.14. The second kappa shape index (κ2) is 14.1. The van der Waals surface area contributed by atoms with Gasteiger partial charge < -0.3 is 29.6 Å². The van der Waals surface area contributed by atoms with Crippen molar-refractivity contribution in [3.8, 4) is 11.5 Å². The van der Waals surface area contributed by atoms with E-state index in [1.165, 1.54) is 23.1 Å². The highest BCUT2D eigenvalue weighted by Gasteiger charge is 2.23. The number of H-pyrrole nitrogens is 1. The molecule has 1 aromatic heterocycles. The molecule has 42 heavy (non-hydrogen) atoms. The molecule has 0 radical (unpaired) electrons. The molecular formula is C32H36ClFN4O4. The number of anilines is 1. The molecule has 10 heteroatoms. The molecule has 0 saturated heterocycles. The molecule has 3 amide bonds. The van der Waals surface area contributed by atoms with Crippen LogP contribution in [0.2, 0.25) is 5.02 Å². The van der Waals surface area contributed by atoms with Crippen LogP contribution in [0.3, 0.4) is 0 Å². The molecule has 0 spiro atoms. The number of fused-ring (bicyclic) bond motifs is 1. The van der Waals surface area contributed by atoms with E-state index in [4.69, 9.17) is 21.1 Å². The molecule has 0 atom stereocenters. The van der Waals surface area contributed by atoms with E-state index in [2.05, 4.69) is 16.4 Å². The SMILES string of the molecule is COc1ccc(CN(CCc2c[nH]c3ccccc23)C(=O)CN(CC(C)C)C(=O)Nc2ccc(F)c(Cl)c2)cc1OC. The first kappa shape index (κ1) is 30.7. The number of carbonyl (C=O) groups excluding carboxylic acids is 2. The molecule has 222 valence electrons. The van der Waals surface area contributed by atoms with Gasteiger partial charge in [0.2, 0.25) is 5.91 Å². The summed E-state index contributed by atoms with van der Waals surface area (Å²) in [5.41, 5.74) is 3.33. The van der Waals surface area contributed by atoms with E-state index in [-0.39, 0.29) is 23.4 Å². The number of benzene rings is 3. The summed E-state index contributed by atoms with van der Waals surface area (Å²) in [6, 6.07) is 17.1. The number of methoxy groups -OCH3 is 2. The first-order chi connectivity index (χ1) is 20.2. The van der Waals surface area contributed by atoms with E-state index in [1.807, 2.05) is 56.4 Å². The van der Waals surface area contributed by atoms with Crippen LogP contribution in [0.15, 0.2) is 66.9 Å². The summed E-state index contributed by atoms with van der Waals surface area (Å²) in [5, 5.41) is 3.75. The van der Waals surface area contributed by atoms with Crippen molar-refractivity contribution < 1.29 is 23.5 Å². The zero-order chi connectivity index (χ0) is 30.2. The second-order valence-electron chi connectivity index (χ2n) is 10.4. The molecule has 0 unspecified atom stereocenters. The van der Waals surface area contributed by atoms with Gasteiger partial charge in [-0.05, 0) is 59.9 Å². The molecule has 4 rings (SSSR count). The first-order valence-corrected chi connectivity index (χ1v) is 14.1. The minimum Gasteiger partial charge on any atom is -0.493 e. The number of hydrogen-bond donors (Lipinski definition) is 2. The van der Waals surface area contributed by atoms with E-state index in [1.54, 1.807) is 19.1 Å². The predicted octanol–water partition coefficient (Wildman–Crippen LogP) is 6.74. The average molecular weight is 595 g/mol. The highest BCUT2D eigenvalue weighted by atomic mass is 35.5. The van der Waals surface area contributed by atoms with Gasteiger partial charge in [0, 0.05) is 42.4 Å². The van der Waals surface area contributed by atoms with Crippen LogP contribution in [0.25, 0.3) is 10.9 Å². The highest BCUT2D eigenvalue weighted by molar-refractivity contribution is 6.31. The fourth-order valence-electron chi connectivity index (χ4n) is 4.78. The number of nitrogens with one attached hydrogen (secondary N) is 2. The number of carbonyl (C=O) groups is 2. The number of aromatic amines is 1. The molecule has 0 saturated carbocycles. The Morgan fingerprint density at radius 2 is 1.76 bits per heavy atom. The van der Waals surface area contributed by atoms with E-state index in [0.717, 1.165) is 22.0 Å². The Kier molecular flexibility index (Phi) is 10.3. The summed E-state index contributed by atoms with van der Waals surface area (Å²) < 4.78 is 24.5. The van der Waals surface area contributed by atoms with Crippen molar-refractivity contribution in [3.05, 3.63) is 88.8 Å². The minimum absolute atomic E-state index is 0.0994. The maximum absolute atomic E-state index is 13.9. The van der Waals surface area contributed by atoms with Gasteiger partial charge in [-0.2, -0.15) is 0 Å². The van der Waals surface area contributed by atoms with E-state index in [9.17, 15) is 14.0 Å². The number of halogens is 2. The lowest BCUT2D eigenvalue weighted by Gasteiger charge is -2.29. The Hall–Kier alpha value is -4.24. The molecule has 4 aromatic rings. The van der Waals surface area contributed by atoms with Gasteiger partial charge in [0.1, 0.15) is 12.4 Å². The van der Waals surface area contributed by atoms with Gasteiger partial charge in [-0.25, -0.2) is 9.18 Å². The van der Waals surface area contributed by atoms with Crippen molar-refractivity contribution in [1.82, 2.24) is 14.8 Å². The number of nitrogens with zero attached hydrogens (tertiary/aromatic N) is 2. The van der Waals surface area contributed by atoms with Crippen molar-refractivity contribution >= 4 is 40.1 Å². The van der Waals surface area contributed by atoms with E-state index in [0.29, 0.717) is 43.2 Å². The maximum atomic E-state index is 13.9. The average Bonchev–Trinajstić information content (AvgIpc) is 3.39. The zero-order valence-corrected chi connectivity index (χ0v) is 25.0. The normalized spacial score (nSPS) is 11.0. The summed E-state index contributed by atoms with van der Waals surface area (Å²) in [4.78, 5) is 33.7. The monoisotopic (exact) mass is 594 g/mol. The third-order valence-corrected chi connectivity index (χ3v) is 7.16. The molecule has 0 aliphatic heterocycles. The molecular weight excluding hydrogens is 559 g/mol. The molecule has 0 bridgehead atoms. The van der Waals surface area contributed by atoms with Crippen LogP contribution in [-0.4, -0.2) is 60.6 Å². The van der Waals surface area contributed by atoms with Crippen molar-refractivity contribution in [2.24, 2.45) is 5.92 Å². The van der Waals surface area contributed by atoms with Gasteiger partial charge in [0.05, 0.1) is 19.2 Å². The van der Waals surface area contributed by atoms with Crippen LogP contribution in [-0.2, 0) is 17.8 Å². The van der Waals surface area contributed by atoms with Crippen LogP contribution < -0.4 is 14.8 Å². The topological polar surface area (TPSA) is 86.9 Å². The summed E-state index contributed by atoms with van der Waals surface area (Å²) >= 11 is 5.90. The van der Waals surface area contributed by atoms with Crippen LogP contribution in [0.4, 0.5) is 14.9 Å². The summed E-state index contributed by atoms with van der Waals surface area (Å²) in [6.07, 6.45) is 2.59. The molecule has 0 fully saturated rings.